The van der Waals surface area contributed by atoms with Gasteiger partial charge >= 0.3 is 0 Å². The van der Waals surface area contributed by atoms with Crippen molar-refractivity contribution in [1.82, 2.24) is 5.32 Å². The lowest BCUT2D eigenvalue weighted by molar-refractivity contribution is 0.0951. The van der Waals surface area contributed by atoms with E-state index in [0.717, 1.165) is 6.42 Å². The molecule has 2 N–H and O–H groups in total. The third kappa shape index (κ3) is 5.55. The molecule has 5 heteroatoms. The van der Waals surface area contributed by atoms with Gasteiger partial charge in [0.25, 0.3) is 11.8 Å². The number of hydrogen-bond donors (Lipinski definition) is 2. The third-order valence-corrected chi connectivity index (χ3v) is 3.94. The van der Waals surface area contributed by atoms with Gasteiger partial charge in [0.05, 0.1) is 0 Å². The van der Waals surface area contributed by atoms with Crippen LogP contribution in [0.3, 0.4) is 0 Å². The SMILES string of the molecule is CC(=O)c1ccc(NC(=O)c2cccc(C(=O)NCCC(C)C)c2)cc1. The van der Waals surface area contributed by atoms with E-state index in [-0.39, 0.29) is 17.6 Å². The highest BCUT2D eigenvalue weighted by atomic mass is 16.2. The molecular formula is C21H24N2O3. The zero-order valence-electron chi connectivity index (χ0n) is 15.3. The molecule has 2 aromatic carbocycles. The quantitative estimate of drug-likeness (QED) is 0.742. The van der Waals surface area contributed by atoms with Gasteiger partial charge in [0.15, 0.2) is 5.78 Å². The molecule has 2 aromatic rings. The number of carbonyl (C=O) groups is 3. The second-order valence-electron chi connectivity index (χ2n) is 6.61. The van der Waals surface area contributed by atoms with Crippen LogP contribution in [0.2, 0.25) is 0 Å². The van der Waals surface area contributed by atoms with Gasteiger partial charge in [0.2, 0.25) is 0 Å². The number of carbonyl (C=O) groups excluding carboxylic acids is 3. The van der Waals surface area contributed by atoms with Gasteiger partial charge in [-0.05, 0) is 61.7 Å². The van der Waals surface area contributed by atoms with Crippen molar-refractivity contribution >= 4 is 23.3 Å². The maximum absolute atomic E-state index is 12.4. The molecule has 2 amide bonds. The van der Waals surface area contributed by atoms with Crippen LogP contribution in [0.1, 0.15) is 58.3 Å². The Labute approximate surface area is 153 Å². The molecule has 0 aliphatic carbocycles. The van der Waals surface area contributed by atoms with E-state index in [1.165, 1.54) is 6.92 Å². The molecule has 26 heavy (non-hydrogen) atoms. The largest absolute Gasteiger partial charge is 0.352 e. The van der Waals surface area contributed by atoms with Crippen LogP contribution in [0.4, 0.5) is 5.69 Å². The number of amides is 2. The van der Waals surface area contributed by atoms with Gasteiger partial charge in [0, 0.05) is 28.9 Å². The van der Waals surface area contributed by atoms with Crippen molar-refractivity contribution in [3.63, 3.8) is 0 Å². The number of Topliss-reactive ketones (excluding diaryl/α,β-unsaturated/α-hetero) is 1. The highest BCUT2D eigenvalue weighted by molar-refractivity contribution is 6.06. The van der Waals surface area contributed by atoms with Crippen LogP contribution >= 0.6 is 0 Å². The van der Waals surface area contributed by atoms with Crippen LogP contribution in [0.25, 0.3) is 0 Å². The maximum Gasteiger partial charge on any atom is 0.255 e. The zero-order valence-corrected chi connectivity index (χ0v) is 15.3. The van der Waals surface area contributed by atoms with Crippen molar-refractivity contribution in [2.24, 2.45) is 5.92 Å². The van der Waals surface area contributed by atoms with E-state index < -0.39 is 0 Å². The topological polar surface area (TPSA) is 75.3 Å². The Balaban J connectivity index is 2.03. The van der Waals surface area contributed by atoms with Crippen molar-refractivity contribution in [3.05, 3.63) is 65.2 Å². The van der Waals surface area contributed by atoms with E-state index in [0.29, 0.717) is 34.8 Å². The maximum atomic E-state index is 12.4. The van der Waals surface area contributed by atoms with Gasteiger partial charge in [-0.2, -0.15) is 0 Å². The Morgan fingerprint density at radius 2 is 1.50 bits per heavy atom. The minimum absolute atomic E-state index is 0.0287. The molecule has 2 rings (SSSR count). The molecule has 0 aliphatic rings. The minimum atomic E-state index is -0.308. The van der Waals surface area contributed by atoms with Gasteiger partial charge in [-0.25, -0.2) is 0 Å². The summed E-state index contributed by atoms with van der Waals surface area (Å²) in [6, 6.07) is 13.3. The molecule has 0 heterocycles. The van der Waals surface area contributed by atoms with E-state index in [4.69, 9.17) is 0 Å². The molecule has 0 aromatic heterocycles. The van der Waals surface area contributed by atoms with Crippen LogP contribution < -0.4 is 10.6 Å². The molecule has 0 bridgehead atoms. The van der Waals surface area contributed by atoms with Crippen molar-refractivity contribution in [3.8, 4) is 0 Å². The van der Waals surface area contributed by atoms with Crippen molar-refractivity contribution in [2.75, 3.05) is 11.9 Å². The molecule has 5 nitrogen and oxygen atoms in total. The number of ketones is 1. The fourth-order valence-electron chi connectivity index (χ4n) is 2.37. The summed E-state index contributed by atoms with van der Waals surface area (Å²) >= 11 is 0. The zero-order chi connectivity index (χ0) is 19.1. The fourth-order valence-corrected chi connectivity index (χ4v) is 2.37. The highest BCUT2D eigenvalue weighted by Gasteiger charge is 2.11. The van der Waals surface area contributed by atoms with Gasteiger partial charge in [-0.1, -0.05) is 19.9 Å². The molecule has 0 radical (unpaired) electrons. The lowest BCUT2D eigenvalue weighted by atomic mass is 10.1. The molecule has 0 saturated heterocycles. The third-order valence-electron chi connectivity index (χ3n) is 3.94. The molecule has 0 atom stereocenters. The number of anilines is 1. The Morgan fingerprint density at radius 3 is 2.08 bits per heavy atom. The van der Waals surface area contributed by atoms with Gasteiger partial charge in [-0.15, -0.1) is 0 Å². The second-order valence-corrected chi connectivity index (χ2v) is 6.61. The van der Waals surface area contributed by atoms with Crippen LogP contribution in [-0.4, -0.2) is 24.1 Å². The highest BCUT2D eigenvalue weighted by Crippen LogP contribution is 2.13. The standard InChI is InChI=1S/C21H24N2O3/c1-14(2)11-12-22-20(25)17-5-4-6-18(13-17)21(26)23-19-9-7-16(8-10-19)15(3)24/h4-10,13-14H,11-12H2,1-3H3,(H,22,25)(H,23,26). The Kier molecular flexibility index (Phi) is 6.67. The number of hydrogen-bond acceptors (Lipinski definition) is 3. The summed E-state index contributed by atoms with van der Waals surface area (Å²) in [5, 5.41) is 5.63. The number of rotatable bonds is 7. The first-order valence-electron chi connectivity index (χ1n) is 8.67. The predicted octanol–water partition coefficient (Wildman–Crippen LogP) is 3.92. The average Bonchev–Trinajstić information content (AvgIpc) is 2.62. The first-order valence-corrected chi connectivity index (χ1v) is 8.67. The summed E-state index contributed by atoms with van der Waals surface area (Å²) in [6.07, 6.45) is 0.905. The summed E-state index contributed by atoms with van der Waals surface area (Å²) in [7, 11) is 0. The fraction of sp³-hybridized carbons (Fsp3) is 0.286. The van der Waals surface area contributed by atoms with E-state index in [9.17, 15) is 14.4 Å². The van der Waals surface area contributed by atoms with Crippen LogP contribution in [0, 0.1) is 5.92 Å². The molecule has 0 aliphatic heterocycles. The molecule has 136 valence electrons. The summed E-state index contributed by atoms with van der Waals surface area (Å²) < 4.78 is 0. The first-order chi connectivity index (χ1) is 12.4. The van der Waals surface area contributed by atoms with Crippen LogP contribution in [0.15, 0.2) is 48.5 Å². The van der Waals surface area contributed by atoms with E-state index in [1.54, 1.807) is 48.5 Å². The average molecular weight is 352 g/mol. The van der Waals surface area contributed by atoms with Gasteiger partial charge in [0.1, 0.15) is 0 Å². The number of nitrogens with one attached hydrogen (secondary N) is 2. The van der Waals surface area contributed by atoms with E-state index >= 15 is 0 Å². The van der Waals surface area contributed by atoms with E-state index in [2.05, 4.69) is 24.5 Å². The Morgan fingerprint density at radius 1 is 0.885 bits per heavy atom. The van der Waals surface area contributed by atoms with Gasteiger partial charge in [-0.3, -0.25) is 14.4 Å². The lowest BCUT2D eigenvalue weighted by Gasteiger charge is -2.09. The summed E-state index contributed by atoms with van der Waals surface area (Å²) in [6.45, 7) is 6.29. The molecule has 0 saturated carbocycles. The number of benzene rings is 2. The normalized spacial score (nSPS) is 10.5. The summed E-state index contributed by atoms with van der Waals surface area (Å²) in [5.74, 6) is -0.00984. The van der Waals surface area contributed by atoms with Crippen molar-refractivity contribution in [1.29, 1.82) is 0 Å². The second kappa shape index (κ2) is 8.94. The summed E-state index contributed by atoms with van der Waals surface area (Å²) in [4.78, 5) is 35.9. The smallest absolute Gasteiger partial charge is 0.255 e. The molecule has 0 fully saturated rings. The van der Waals surface area contributed by atoms with Crippen molar-refractivity contribution < 1.29 is 14.4 Å². The van der Waals surface area contributed by atoms with Gasteiger partial charge < -0.3 is 10.6 Å². The van der Waals surface area contributed by atoms with Crippen molar-refractivity contribution in [2.45, 2.75) is 27.2 Å². The molecule has 0 unspecified atom stereocenters. The Bertz CT molecular complexity index is 795. The predicted molar refractivity (Wildman–Crippen MR) is 103 cm³/mol. The molecule has 0 spiro atoms. The van der Waals surface area contributed by atoms with E-state index in [1.807, 2.05) is 0 Å². The monoisotopic (exact) mass is 352 g/mol. The Hall–Kier alpha value is -2.95. The van der Waals surface area contributed by atoms with Crippen LogP contribution in [0.5, 0.6) is 0 Å². The molecular weight excluding hydrogens is 328 g/mol. The van der Waals surface area contributed by atoms with Crippen LogP contribution in [-0.2, 0) is 0 Å². The lowest BCUT2D eigenvalue weighted by Crippen LogP contribution is -2.25. The minimum Gasteiger partial charge on any atom is -0.352 e. The first kappa shape index (κ1) is 19.4. The summed E-state index contributed by atoms with van der Waals surface area (Å²) in [5.41, 5.74) is 2.03.